The molecule has 3 heteroatoms. The highest BCUT2D eigenvalue weighted by atomic mass is 16.2. The molecule has 90 valence electrons. The molecule has 0 unspecified atom stereocenters. The molecule has 0 fully saturated rings. The highest BCUT2D eigenvalue weighted by Gasteiger charge is 2.23. The Kier molecular flexibility index (Phi) is 3.57. The van der Waals surface area contributed by atoms with Crippen molar-refractivity contribution in [3.63, 3.8) is 0 Å². The van der Waals surface area contributed by atoms with E-state index >= 15 is 0 Å². The van der Waals surface area contributed by atoms with Gasteiger partial charge < -0.3 is 4.90 Å². The van der Waals surface area contributed by atoms with Gasteiger partial charge in [-0.05, 0) is 30.5 Å². The van der Waals surface area contributed by atoms with Gasteiger partial charge in [-0.3, -0.25) is 9.59 Å². The largest absolute Gasteiger partial charge is 0.338 e. The molecule has 0 bridgehead atoms. The first-order valence-electron chi connectivity index (χ1n) is 6.13. The van der Waals surface area contributed by atoms with Crippen molar-refractivity contribution in [1.29, 1.82) is 0 Å². The molecule has 3 nitrogen and oxygen atoms in total. The molecule has 1 heterocycles. The van der Waals surface area contributed by atoms with Crippen molar-refractivity contribution in [2.45, 2.75) is 26.2 Å². The number of amides is 1. The van der Waals surface area contributed by atoms with Crippen LogP contribution in [0, 0.1) is 0 Å². The van der Waals surface area contributed by atoms with E-state index in [2.05, 4.69) is 6.92 Å². The number of benzene rings is 1. The molecule has 0 spiro atoms. The summed E-state index contributed by atoms with van der Waals surface area (Å²) >= 11 is 0. The second-order valence-electron chi connectivity index (χ2n) is 4.43. The van der Waals surface area contributed by atoms with Crippen LogP contribution in [-0.4, -0.2) is 30.2 Å². The first-order chi connectivity index (χ1) is 8.26. The molecule has 1 aromatic carbocycles. The van der Waals surface area contributed by atoms with Gasteiger partial charge in [0.05, 0.1) is 0 Å². The van der Waals surface area contributed by atoms with Crippen molar-refractivity contribution in [3.8, 4) is 0 Å². The molecule has 1 aliphatic heterocycles. The van der Waals surface area contributed by atoms with E-state index in [0.29, 0.717) is 5.56 Å². The Hall–Kier alpha value is -1.64. The maximum Gasteiger partial charge on any atom is 0.254 e. The molecule has 0 saturated carbocycles. The number of unbranched alkanes of at least 4 members (excludes halogenated alkanes) is 1. The smallest absolute Gasteiger partial charge is 0.254 e. The van der Waals surface area contributed by atoms with Gasteiger partial charge in [-0.15, -0.1) is 0 Å². The maximum absolute atomic E-state index is 12.2. The first-order valence-corrected chi connectivity index (χ1v) is 6.13. The Morgan fingerprint density at radius 3 is 2.94 bits per heavy atom. The maximum atomic E-state index is 12.2. The van der Waals surface area contributed by atoms with Gasteiger partial charge >= 0.3 is 0 Å². The van der Waals surface area contributed by atoms with Crippen molar-refractivity contribution in [2.75, 3.05) is 13.1 Å². The fraction of sp³-hybridized carbons (Fsp3) is 0.429. The van der Waals surface area contributed by atoms with Crippen molar-refractivity contribution in [1.82, 2.24) is 4.90 Å². The standard InChI is InChI=1S/C14H17NO2/c1-2-3-7-15-8-6-12-9-11(10-16)4-5-13(12)14(15)17/h4-5,9-10H,2-3,6-8H2,1H3. The lowest BCUT2D eigenvalue weighted by Gasteiger charge is -2.28. The van der Waals surface area contributed by atoms with Crippen molar-refractivity contribution in [3.05, 3.63) is 34.9 Å². The minimum Gasteiger partial charge on any atom is -0.338 e. The molecule has 0 radical (unpaired) electrons. The van der Waals surface area contributed by atoms with Crippen LogP contribution in [0.15, 0.2) is 18.2 Å². The van der Waals surface area contributed by atoms with Crippen molar-refractivity contribution < 1.29 is 9.59 Å². The zero-order valence-corrected chi connectivity index (χ0v) is 10.1. The van der Waals surface area contributed by atoms with Gasteiger partial charge in [-0.25, -0.2) is 0 Å². The predicted molar refractivity (Wildman–Crippen MR) is 66.3 cm³/mol. The van der Waals surface area contributed by atoms with Gasteiger partial charge in [0.2, 0.25) is 0 Å². The van der Waals surface area contributed by atoms with Crippen LogP contribution in [0.3, 0.4) is 0 Å². The van der Waals surface area contributed by atoms with E-state index < -0.39 is 0 Å². The van der Waals surface area contributed by atoms with E-state index in [9.17, 15) is 9.59 Å². The van der Waals surface area contributed by atoms with Crippen LogP contribution in [0.25, 0.3) is 0 Å². The van der Waals surface area contributed by atoms with Crippen LogP contribution in [0.2, 0.25) is 0 Å². The van der Waals surface area contributed by atoms with E-state index in [0.717, 1.165) is 49.8 Å². The SMILES string of the molecule is CCCCN1CCc2cc(C=O)ccc2C1=O. The van der Waals surface area contributed by atoms with Crippen LogP contribution in [0.4, 0.5) is 0 Å². The monoisotopic (exact) mass is 231 g/mol. The Bertz CT molecular complexity index is 440. The minimum absolute atomic E-state index is 0.108. The van der Waals surface area contributed by atoms with Gasteiger partial charge in [-0.2, -0.15) is 0 Å². The number of rotatable bonds is 4. The summed E-state index contributed by atoms with van der Waals surface area (Å²) in [5.74, 6) is 0.108. The van der Waals surface area contributed by atoms with Gasteiger partial charge in [-0.1, -0.05) is 19.4 Å². The zero-order valence-electron chi connectivity index (χ0n) is 10.1. The van der Waals surface area contributed by atoms with Crippen LogP contribution in [-0.2, 0) is 6.42 Å². The Labute approximate surface area is 101 Å². The highest BCUT2D eigenvalue weighted by molar-refractivity contribution is 5.97. The Balaban J connectivity index is 2.21. The lowest BCUT2D eigenvalue weighted by molar-refractivity contribution is 0.0737. The molecule has 1 amide bonds. The van der Waals surface area contributed by atoms with Gasteiger partial charge in [0, 0.05) is 24.2 Å². The van der Waals surface area contributed by atoms with Crippen LogP contribution < -0.4 is 0 Å². The summed E-state index contributed by atoms with van der Waals surface area (Å²) < 4.78 is 0. The molecule has 0 saturated heterocycles. The first kappa shape index (κ1) is 11.8. The second kappa shape index (κ2) is 5.13. The van der Waals surface area contributed by atoms with E-state index in [4.69, 9.17) is 0 Å². The number of fused-ring (bicyclic) bond motifs is 1. The van der Waals surface area contributed by atoms with Crippen LogP contribution >= 0.6 is 0 Å². The fourth-order valence-corrected chi connectivity index (χ4v) is 2.19. The van der Waals surface area contributed by atoms with Gasteiger partial charge in [0.15, 0.2) is 0 Å². The fourth-order valence-electron chi connectivity index (χ4n) is 2.19. The minimum atomic E-state index is 0.108. The normalized spacial score (nSPS) is 14.6. The third kappa shape index (κ3) is 2.38. The topological polar surface area (TPSA) is 37.4 Å². The average molecular weight is 231 g/mol. The molecule has 2 rings (SSSR count). The number of carbonyl (C=O) groups is 2. The number of hydrogen-bond acceptors (Lipinski definition) is 2. The molecular weight excluding hydrogens is 214 g/mol. The molecular formula is C14H17NO2. The van der Waals surface area contributed by atoms with Gasteiger partial charge in [0.1, 0.15) is 6.29 Å². The number of aldehydes is 1. The third-order valence-corrected chi connectivity index (χ3v) is 3.22. The van der Waals surface area contributed by atoms with E-state index in [1.807, 2.05) is 11.0 Å². The summed E-state index contributed by atoms with van der Waals surface area (Å²) in [6, 6.07) is 5.32. The Morgan fingerprint density at radius 1 is 1.41 bits per heavy atom. The number of hydrogen-bond donors (Lipinski definition) is 0. The highest BCUT2D eigenvalue weighted by Crippen LogP contribution is 2.20. The number of carbonyl (C=O) groups excluding carboxylic acids is 2. The summed E-state index contributed by atoms with van der Waals surface area (Å²) in [6.07, 6.45) is 3.83. The van der Waals surface area contributed by atoms with E-state index in [-0.39, 0.29) is 5.91 Å². The molecule has 0 atom stereocenters. The quantitative estimate of drug-likeness (QED) is 0.746. The molecule has 17 heavy (non-hydrogen) atoms. The van der Waals surface area contributed by atoms with Crippen molar-refractivity contribution in [2.24, 2.45) is 0 Å². The average Bonchev–Trinajstić information content (AvgIpc) is 2.37. The zero-order chi connectivity index (χ0) is 12.3. The molecule has 0 aliphatic carbocycles. The lowest BCUT2D eigenvalue weighted by atomic mass is 9.97. The summed E-state index contributed by atoms with van der Waals surface area (Å²) in [6.45, 7) is 3.73. The molecule has 1 aromatic rings. The number of nitrogens with zero attached hydrogens (tertiary/aromatic N) is 1. The van der Waals surface area contributed by atoms with E-state index in [1.54, 1.807) is 12.1 Å². The van der Waals surface area contributed by atoms with Crippen LogP contribution in [0.5, 0.6) is 0 Å². The summed E-state index contributed by atoms with van der Waals surface area (Å²) in [5, 5.41) is 0. The summed E-state index contributed by atoms with van der Waals surface area (Å²) in [4.78, 5) is 24.8. The van der Waals surface area contributed by atoms with E-state index in [1.165, 1.54) is 0 Å². The Morgan fingerprint density at radius 2 is 2.24 bits per heavy atom. The summed E-state index contributed by atoms with van der Waals surface area (Å²) in [7, 11) is 0. The molecule has 1 aliphatic rings. The van der Waals surface area contributed by atoms with Crippen molar-refractivity contribution >= 4 is 12.2 Å². The molecule has 0 aromatic heterocycles. The van der Waals surface area contributed by atoms with Gasteiger partial charge in [0.25, 0.3) is 5.91 Å². The van der Waals surface area contributed by atoms with Crippen LogP contribution in [0.1, 0.15) is 46.0 Å². The predicted octanol–water partition coefficient (Wildman–Crippen LogP) is 2.30. The molecule has 0 N–H and O–H groups in total. The lowest BCUT2D eigenvalue weighted by Crippen LogP contribution is -2.38. The summed E-state index contributed by atoms with van der Waals surface area (Å²) in [5.41, 5.74) is 2.42. The second-order valence-corrected chi connectivity index (χ2v) is 4.43. The third-order valence-electron chi connectivity index (χ3n) is 3.22.